The number of aromatic nitrogens is 3. The van der Waals surface area contributed by atoms with Gasteiger partial charge in [-0.3, -0.25) is 9.78 Å². The maximum atomic E-state index is 13.2. The third kappa shape index (κ3) is 4.40. The molecule has 0 atom stereocenters. The first-order valence-electron chi connectivity index (χ1n) is 10.1. The molecule has 2 aromatic carbocycles. The molecule has 31 heavy (non-hydrogen) atoms. The average molecular weight is 418 g/mol. The number of nitrogens with zero attached hydrogens (tertiary/aromatic N) is 3. The van der Waals surface area contributed by atoms with Gasteiger partial charge < -0.3 is 10.1 Å². The molecule has 158 valence electrons. The van der Waals surface area contributed by atoms with Crippen LogP contribution in [0.2, 0.25) is 0 Å². The van der Waals surface area contributed by atoms with E-state index in [9.17, 15) is 9.18 Å². The van der Waals surface area contributed by atoms with Gasteiger partial charge in [0.05, 0.1) is 29.2 Å². The number of amides is 1. The summed E-state index contributed by atoms with van der Waals surface area (Å²) >= 11 is 0. The molecular weight excluding hydrogens is 395 g/mol. The summed E-state index contributed by atoms with van der Waals surface area (Å²) in [5.41, 5.74) is 3.40. The van der Waals surface area contributed by atoms with Crippen LogP contribution in [0.4, 0.5) is 4.39 Å². The predicted molar refractivity (Wildman–Crippen MR) is 117 cm³/mol. The van der Waals surface area contributed by atoms with E-state index in [1.165, 1.54) is 12.1 Å². The maximum Gasteiger partial charge on any atom is 0.255 e. The van der Waals surface area contributed by atoms with Gasteiger partial charge in [0.15, 0.2) is 0 Å². The van der Waals surface area contributed by atoms with E-state index in [2.05, 4.69) is 15.4 Å². The Balaban J connectivity index is 1.34. The van der Waals surface area contributed by atoms with Gasteiger partial charge in [-0.05, 0) is 56.7 Å². The summed E-state index contributed by atoms with van der Waals surface area (Å²) in [7, 11) is 0. The Morgan fingerprint density at radius 2 is 1.87 bits per heavy atom. The molecule has 0 fully saturated rings. The Hall–Kier alpha value is -3.74. The number of rotatable bonds is 7. The molecule has 0 aliphatic carbocycles. The first kappa shape index (κ1) is 20.5. The highest BCUT2D eigenvalue weighted by Crippen LogP contribution is 2.23. The second kappa shape index (κ2) is 8.95. The normalized spacial score (nSPS) is 10.9. The fraction of sp³-hybridized carbons (Fsp3) is 0.208. The summed E-state index contributed by atoms with van der Waals surface area (Å²) < 4.78 is 20.7. The van der Waals surface area contributed by atoms with Crippen molar-refractivity contribution in [2.75, 3.05) is 13.2 Å². The molecule has 6 nitrogen and oxygen atoms in total. The smallest absolute Gasteiger partial charge is 0.255 e. The van der Waals surface area contributed by atoms with E-state index < -0.39 is 0 Å². The third-order valence-electron chi connectivity index (χ3n) is 5.05. The zero-order valence-corrected chi connectivity index (χ0v) is 17.4. The quantitative estimate of drug-likeness (QED) is 0.453. The van der Waals surface area contributed by atoms with Crippen molar-refractivity contribution in [3.05, 3.63) is 83.6 Å². The largest absolute Gasteiger partial charge is 0.491 e. The van der Waals surface area contributed by atoms with Gasteiger partial charge in [-0.25, -0.2) is 9.07 Å². The Labute approximate surface area is 179 Å². The highest BCUT2D eigenvalue weighted by molar-refractivity contribution is 5.96. The van der Waals surface area contributed by atoms with E-state index in [0.29, 0.717) is 42.2 Å². The first-order valence-corrected chi connectivity index (χ1v) is 10.1. The van der Waals surface area contributed by atoms with Gasteiger partial charge in [0, 0.05) is 18.1 Å². The van der Waals surface area contributed by atoms with Crippen molar-refractivity contribution in [1.82, 2.24) is 20.1 Å². The Morgan fingerprint density at radius 1 is 1.10 bits per heavy atom. The summed E-state index contributed by atoms with van der Waals surface area (Å²) in [6, 6.07) is 15.7. The van der Waals surface area contributed by atoms with E-state index in [1.54, 1.807) is 29.9 Å². The van der Waals surface area contributed by atoms with Crippen LogP contribution in [0.15, 0.2) is 60.8 Å². The molecule has 0 saturated carbocycles. The molecule has 7 heteroatoms. The van der Waals surface area contributed by atoms with Crippen LogP contribution in [0, 0.1) is 19.7 Å². The van der Waals surface area contributed by atoms with Gasteiger partial charge in [0.2, 0.25) is 0 Å². The number of pyridine rings is 1. The van der Waals surface area contributed by atoms with Crippen molar-refractivity contribution in [3.8, 4) is 11.4 Å². The number of para-hydroxylation sites is 1. The van der Waals surface area contributed by atoms with Crippen molar-refractivity contribution in [2.45, 2.75) is 20.3 Å². The monoisotopic (exact) mass is 418 g/mol. The zero-order chi connectivity index (χ0) is 21.8. The molecule has 0 spiro atoms. The van der Waals surface area contributed by atoms with E-state index in [1.807, 2.05) is 37.3 Å². The summed E-state index contributed by atoms with van der Waals surface area (Å²) in [4.78, 5) is 17.1. The lowest BCUT2D eigenvalue weighted by molar-refractivity contribution is 0.0950. The maximum absolute atomic E-state index is 13.2. The lowest BCUT2D eigenvalue weighted by atomic mass is 10.2. The highest BCUT2D eigenvalue weighted by Gasteiger charge is 2.19. The van der Waals surface area contributed by atoms with Crippen LogP contribution in [0.3, 0.4) is 0 Å². The average Bonchev–Trinajstić information content (AvgIpc) is 3.08. The van der Waals surface area contributed by atoms with Crippen LogP contribution in [0.1, 0.15) is 28.2 Å². The molecule has 0 bridgehead atoms. The highest BCUT2D eigenvalue weighted by atomic mass is 19.1. The summed E-state index contributed by atoms with van der Waals surface area (Å²) in [6.45, 7) is 4.55. The molecule has 0 saturated heterocycles. The number of fused-ring (bicyclic) bond motifs is 1. The first-order chi connectivity index (χ1) is 15.0. The minimum atomic E-state index is -0.315. The number of aryl methyl sites for hydroxylation is 1. The number of carbonyl (C=O) groups is 1. The van der Waals surface area contributed by atoms with Crippen molar-refractivity contribution in [3.63, 3.8) is 0 Å². The molecular formula is C24H23FN4O2. The molecule has 1 N–H and O–H groups in total. The molecule has 0 aliphatic heterocycles. The van der Waals surface area contributed by atoms with Crippen LogP contribution in [0.5, 0.6) is 5.75 Å². The van der Waals surface area contributed by atoms with Crippen molar-refractivity contribution in [1.29, 1.82) is 0 Å². The SMILES string of the molecule is Cc1nn(-c2ccc(F)cc2)c(C)c1C(=O)NCCCOc1cccc2cccnc12. The van der Waals surface area contributed by atoms with E-state index >= 15 is 0 Å². The van der Waals surface area contributed by atoms with Crippen molar-refractivity contribution in [2.24, 2.45) is 0 Å². The van der Waals surface area contributed by atoms with Crippen LogP contribution in [-0.2, 0) is 0 Å². The van der Waals surface area contributed by atoms with Gasteiger partial charge in [0.25, 0.3) is 5.91 Å². The number of hydrogen-bond acceptors (Lipinski definition) is 4. The van der Waals surface area contributed by atoms with Gasteiger partial charge in [-0.15, -0.1) is 0 Å². The lowest BCUT2D eigenvalue weighted by Crippen LogP contribution is -2.26. The van der Waals surface area contributed by atoms with E-state index in [-0.39, 0.29) is 11.7 Å². The van der Waals surface area contributed by atoms with E-state index in [0.717, 1.165) is 16.7 Å². The number of hydrogen-bond donors (Lipinski definition) is 1. The summed E-state index contributed by atoms with van der Waals surface area (Å²) in [6.07, 6.45) is 2.39. The molecule has 4 aromatic rings. The topological polar surface area (TPSA) is 69.0 Å². The van der Waals surface area contributed by atoms with Gasteiger partial charge in [-0.1, -0.05) is 18.2 Å². The minimum Gasteiger partial charge on any atom is -0.491 e. The molecule has 2 heterocycles. The summed E-state index contributed by atoms with van der Waals surface area (Å²) in [5, 5.41) is 8.40. The van der Waals surface area contributed by atoms with Crippen molar-refractivity contribution < 1.29 is 13.9 Å². The number of benzene rings is 2. The summed E-state index contributed by atoms with van der Waals surface area (Å²) in [5.74, 6) is 0.233. The third-order valence-corrected chi connectivity index (χ3v) is 5.05. The van der Waals surface area contributed by atoms with Crippen molar-refractivity contribution >= 4 is 16.8 Å². The zero-order valence-electron chi connectivity index (χ0n) is 17.4. The van der Waals surface area contributed by atoms with Gasteiger partial charge in [-0.2, -0.15) is 5.10 Å². The number of carbonyl (C=O) groups excluding carboxylic acids is 1. The van der Waals surface area contributed by atoms with E-state index in [4.69, 9.17) is 4.74 Å². The van der Waals surface area contributed by atoms with Crippen LogP contribution in [0.25, 0.3) is 16.6 Å². The fourth-order valence-electron chi connectivity index (χ4n) is 3.54. The Morgan fingerprint density at radius 3 is 2.68 bits per heavy atom. The minimum absolute atomic E-state index is 0.185. The van der Waals surface area contributed by atoms with Gasteiger partial charge in [0.1, 0.15) is 17.1 Å². The lowest BCUT2D eigenvalue weighted by Gasteiger charge is -2.09. The fourth-order valence-corrected chi connectivity index (χ4v) is 3.54. The van der Waals surface area contributed by atoms with Crippen LogP contribution >= 0.6 is 0 Å². The predicted octanol–water partition coefficient (Wildman–Crippen LogP) is 4.38. The second-order valence-electron chi connectivity index (χ2n) is 7.22. The standard InChI is InChI=1S/C24H23FN4O2/c1-16-22(17(2)29(28-16)20-11-9-19(25)10-12-20)24(30)27-14-5-15-31-21-8-3-6-18-7-4-13-26-23(18)21/h3-4,6-13H,5,14-15H2,1-2H3,(H,27,30). The molecule has 0 unspecified atom stereocenters. The number of halogens is 1. The number of ether oxygens (including phenoxy) is 1. The molecule has 0 aliphatic rings. The molecule has 1 amide bonds. The number of nitrogens with one attached hydrogen (secondary N) is 1. The van der Waals surface area contributed by atoms with Crippen LogP contribution < -0.4 is 10.1 Å². The molecule has 2 aromatic heterocycles. The Kier molecular flexibility index (Phi) is 5.93. The van der Waals surface area contributed by atoms with Crippen LogP contribution in [-0.4, -0.2) is 33.8 Å². The molecule has 4 rings (SSSR count). The van der Waals surface area contributed by atoms with Gasteiger partial charge >= 0.3 is 0 Å². The Bertz CT molecular complexity index is 1210. The second-order valence-corrected chi connectivity index (χ2v) is 7.22. The molecule has 0 radical (unpaired) electrons.